The van der Waals surface area contributed by atoms with Gasteiger partial charge in [-0.2, -0.15) is 19.9 Å². The maximum atomic E-state index is 5.62. The summed E-state index contributed by atoms with van der Waals surface area (Å²) in [6, 6.07) is 22.7. The monoisotopic (exact) mass is 572 g/mol. The summed E-state index contributed by atoms with van der Waals surface area (Å²) in [5, 5.41) is 16.5. The molecule has 0 bridgehead atoms. The fourth-order valence-electron chi connectivity index (χ4n) is 4.51. The third-order valence-electron chi connectivity index (χ3n) is 6.71. The largest absolute Gasteiger partial charge is 0.339 e. The molecule has 0 spiro atoms. The lowest BCUT2D eigenvalue weighted by atomic mass is 10.1. The van der Waals surface area contributed by atoms with Gasteiger partial charge in [0.1, 0.15) is 0 Å². The van der Waals surface area contributed by atoms with Crippen LogP contribution in [0.3, 0.4) is 0 Å². The Morgan fingerprint density at radius 2 is 0.953 bits per heavy atom. The summed E-state index contributed by atoms with van der Waals surface area (Å²) in [5.74, 6) is 3.72. The number of aryl methyl sites for hydroxylation is 2. The van der Waals surface area contributed by atoms with Crippen molar-refractivity contribution in [2.45, 2.75) is 33.1 Å². The molecule has 0 N–H and O–H groups in total. The van der Waals surface area contributed by atoms with Gasteiger partial charge in [0.2, 0.25) is 35.1 Å². The van der Waals surface area contributed by atoms with Gasteiger partial charge in [-0.1, -0.05) is 76.4 Å². The molecule has 12 heteroatoms. The number of rotatable bonds is 9. The van der Waals surface area contributed by atoms with Crippen molar-refractivity contribution in [3.8, 4) is 68.5 Å². The minimum Gasteiger partial charge on any atom is -0.339 e. The molecule has 212 valence electrons. The second kappa shape index (κ2) is 11.2. The van der Waals surface area contributed by atoms with Gasteiger partial charge in [-0.15, -0.1) is 0 Å². The lowest BCUT2D eigenvalue weighted by molar-refractivity contribution is 0.375. The van der Waals surface area contributed by atoms with Crippen LogP contribution >= 0.6 is 0 Å². The highest BCUT2D eigenvalue weighted by atomic mass is 16.5. The van der Waals surface area contributed by atoms with E-state index in [1.165, 1.54) is 0 Å². The second-order valence-corrected chi connectivity index (χ2v) is 9.84. The summed E-state index contributed by atoms with van der Waals surface area (Å²) < 4.78 is 21.7. The van der Waals surface area contributed by atoms with E-state index in [1.807, 2.05) is 72.8 Å². The van der Waals surface area contributed by atoms with E-state index in [9.17, 15) is 0 Å². The van der Waals surface area contributed by atoms with Gasteiger partial charge in [-0.05, 0) is 36.8 Å². The molecule has 0 aliphatic heterocycles. The summed E-state index contributed by atoms with van der Waals surface area (Å²) in [5.41, 5.74) is 4.54. The van der Waals surface area contributed by atoms with Gasteiger partial charge < -0.3 is 18.1 Å². The van der Waals surface area contributed by atoms with E-state index in [0.717, 1.165) is 52.6 Å². The van der Waals surface area contributed by atoms with Crippen LogP contribution in [0.1, 0.15) is 31.5 Å². The number of nitrogens with zero attached hydrogens (tertiary/aromatic N) is 8. The number of aromatic nitrogens is 8. The Hall–Kier alpha value is -5.78. The van der Waals surface area contributed by atoms with Crippen LogP contribution in [0.4, 0.5) is 0 Å². The van der Waals surface area contributed by atoms with Crippen molar-refractivity contribution < 1.29 is 18.1 Å². The van der Waals surface area contributed by atoms with E-state index in [4.69, 9.17) is 18.1 Å². The summed E-state index contributed by atoms with van der Waals surface area (Å²) >= 11 is 0. The molecule has 12 nitrogen and oxygen atoms in total. The minimum absolute atomic E-state index is 0.364. The highest BCUT2D eigenvalue weighted by Gasteiger charge is 2.17. The van der Waals surface area contributed by atoms with Crippen LogP contribution in [0.25, 0.3) is 68.5 Å². The summed E-state index contributed by atoms with van der Waals surface area (Å²) in [6.07, 6.45) is 2.82. The van der Waals surface area contributed by atoms with E-state index in [-0.39, 0.29) is 0 Å². The van der Waals surface area contributed by atoms with E-state index in [2.05, 4.69) is 47.5 Å². The van der Waals surface area contributed by atoms with Crippen molar-refractivity contribution in [1.82, 2.24) is 40.6 Å². The van der Waals surface area contributed by atoms with Crippen LogP contribution in [0.15, 0.2) is 90.9 Å². The summed E-state index contributed by atoms with van der Waals surface area (Å²) in [4.78, 5) is 18.0. The maximum absolute atomic E-state index is 5.62. The molecule has 0 amide bonds. The van der Waals surface area contributed by atoms with Gasteiger partial charge in [-0.25, -0.2) is 0 Å². The average molecular weight is 573 g/mol. The molecular formula is C31H24N8O4. The van der Waals surface area contributed by atoms with Gasteiger partial charge >= 0.3 is 0 Å². The van der Waals surface area contributed by atoms with Gasteiger partial charge in [-0.3, -0.25) is 0 Å². The van der Waals surface area contributed by atoms with Crippen molar-refractivity contribution in [1.29, 1.82) is 0 Å². The Morgan fingerprint density at radius 1 is 0.512 bits per heavy atom. The van der Waals surface area contributed by atoms with E-state index in [1.54, 1.807) is 6.92 Å². The number of hydrogen-bond donors (Lipinski definition) is 0. The Labute approximate surface area is 244 Å². The predicted octanol–water partition coefficient (Wildman–Crippen LogP) is 6.87. The molecule has 0 aliphatic rings. The molecule has 0 fully saturated rings. The molecule has 0 saturated heterocycles. The van der Waals surface area contributed by atoms with Gasteiger partial charge in [0.05, 0.1) is 0 Å². The molecule has 0 saturated carbocycles. The van der Waals surface area contributed by atoms with E-state index in [0.29, 0.717) is 46.9 Å². The molecule has 7 aromatic rings. The van der Waals surface area contributed by atoms with E-state index >= 15 is 0 Å². The van der Waals surface area contributed by atoms with Crippen LogP contribution in [0.2, 0.25) is 0 Å². The second-order valence-electron chi connectivity index (χ2n) is 9.84. The summed E-state index contributed by atoms with van der Waals surface area (Å²) in [6.45, 7) is 3.87. The van der Waals surface area contributed by atoms with Crippen LogP contribution in [-0.4, -0.2) is 40.6 Å². The minimum atomic E-state index is 0.364. The Balaban J connectivity index is 1.11. The predicted molar refractivity (Wildman–Crippen MR) is 154 cm³/mol. The zero-order valence-electron chi connectivity index (χ0n) is 23.3. The topological polar surface area (TPSA) is 156 Å². The fourth-order valence-corrected chi connectivity index (χ4v) is 4.51. The van der Waals surface area contributed by atoms with Crippen LogP contribution in [-0.2, 0) is 6.42 Å². The zero-order valence-corrected chi connectivity index (χ0v) is 23.3. The van der Waals surface area contributed by atoms with Crippen molar-refractivity contribution in [3.05, 3.63) is 84.6 Å². The Morgan fingerprint density at radius 3 is 1.47 bits per heavy atom. The number of benzene rings is 3. The molecule has 3 aromatic carbocycles. The molecular weight excluding hydrogens is 548 g/mol. The first-order valence-electron chi connectivity index (χ1n) is 13.8. The molecule has 0 unspecified atom stereocenters. The van der Waals surface area contributed by atoms with Crippen molar-refractivity contribution in [2.24, 2.45) is 0 Å². The first-order chi connectivity index (χ1) is 21.1. The summed E-state index contributed by atoms with van der Waals surface area (Å²) in [7, 11) is 0. The Kier molecular flexibility index (Phi) is 6.83. The molecule has 0 aliphatic carbocycles. The maximum Gasteiger partial charge on any atom is 0.258 e. The number of hydrogen-bond acceptors (Lipinski definition) is 12. The first kappa shape index (κ1) is 26.1. The van der Waals surface area contributed by atoms with Crippen LogP contribution < -0.4 is 0 Å². The third-order valence-corrected chi connectivity index (χ3v) is 6.71. The smallest absolute Gasteiger partial charge is 0.258 e. The van der Waals surface area contributed by atoms with Crippen molar-refractivity contribution in [3.63, 3.8) is 0 Å². The van der Waals surface area contributed by atoms with Crippen LogP contribution in [0.5, 0.6) is 0 Å². The molecule has 4 aromatic heterocycles. The van der Waals surface area contributed by atoms with E-state index < -0.39 is 0 Å². The highest BCUT2D eigenvalue weighted by molar-refractivity contribution is 5.70. The fraction of sp³-hybridized carbons (Fsp3) is 0.161. The standard InChI is InChI=1S/C31H24N8O4/c1-3-4-14-25-33-27(37-41-25)22-11-7-13-24(17-22)31-35-29(39-43-31)20-9-5-8-19(15-20)28-34-30(42-38-28)23-12-6-10-21(16-23)26-32-18(2)40-36-26/h5-13,15-17H,3-4,14H2,1-2H3. The van der Waals surface area contributed by atoms with Crippen molar-refractivity contribution in [2.75, 3.05) is 0 Å². The SMILES string of the molecule is CCCCc1nc(-c2cccc(-c3nc(-c4cccc(-c5noc(-c6cccc(-c7noc(C)n7)c6)n5)c4)no3)c2)no1. The lowest BCUT2D eigenvalue weighted by Crippen LogP contribution is -1.87. The first-order valence-corrected chi connectivity index (χ1v) is 13.8. The molecule has 43 heavy (non-hydrogen) atoms. The lowest BCUT2D eigenvalue weighted by Gasteiger charge is -1.99. The number of unbranched alkanes of at least 4 members (excludes halogenated alkanes) is 1. The normalized spacial score (nSPS) is 11.3. The quantitative estimate of drug-likeness (QED) is 0.177. The molecule has 0 atom stereocenters. The van der Waals surface area contributed by atoms with Gasteiger partial charge in [0.25, 0.3) is 11.8 Å². The van der Waals surface area contributed by atoms with Gasteiger partial charge in [0.15, 0.2) is 0 Å². The van der Waals surface area contributed by atoms with Crippen LogP contribution in [0, 0.1) is 6.92 Å². The average Bonchev–Trinajstić information content (AvgIpc) is 3.88. The molecule has 7 rings (SSSR count). The van der Waals surface area contributed by atoms with Crippen molar-refractivity contribution >= 4 is 0 Å². The van der Waals surface area contributed by atoms with Gasteiger partial charge in [0, 0.05) is 46.7 Å². The highest BCUT2D eigenvalue weighted by Crippen LogP contribution is 2.30. The zero-order chi connectivity index (χ0) is 29.2. The third kappa shape index (κ3) is 5.45. The molecule has 4 heterocycles. The Bertz CT molecular complexity index is 2020. The molecule has 0 radical (unpaired) electrons.